The molecule has 35 heavy (non-hydrogen) atoms. The van der Waals surface area contributed by atoms with Gasteiger partial charge in [0.15, 0.2) is 0 Å². The number of anilines is 1. The predicted molar refractivity (Wildman–Crippen MR) is 136 cm³/mol. The molecule has 0 saturated carbocycles. The highest BCUT2D eigenvalue weighted by Gasteiger charge is 2.17. The number of carbonyl (C=O) groups is 1. The van der Waals surface area contributed by atoms with E-state index >= 15 is 0 Å². The molecule has 1 aromatic heterocycles. The first-order valence-corrected chi connectivity index (χ1v) is 11.4. The fourth-order valence-corrected chi connectivity index (χ4v) is 3.97. The molecule has 0 radical (unpaired) electrons. The van der Waals surface area contributed by atoms with Gasteiger partial charge in [-0.05, 0) is 35.9 Å². The maximum atomic E-state index is 11.2. The summed E-state index contributed by atoms with van der Waals surface area (Å²) in [6, 6.07) is 21.8. The molecule has 3 N–H and O–H groups in total. The van der Waals surface area contributed by atoms with Crippen LogP contribution in [0.4, 0.5) is 5.69 Å². The second-order valence-electron chi connectivity index (χ2n) is 8.12. The Hall–Kier alpha value is -4.38. The van der Waals surface area contributed by atoms with Crippen LogP contribution in [0.25, 0.3) is 28.5 Å². The monoisotopic (exact) mass is 464 g/mol. The number of carbonyl (C=O) groups excluding carboxylic acids is 1. The van der Waals surface area contributed by atoms with E-state index in [2.05, 4.69) is 33.9 Å². The molecule has 0 unspecified atom stereocenters. The number of fused-ring (bicyclic) bond motifs is 1. The highest BCUT2D eigenvalue weighted by atomic mass is 16.5. The lowest BCUT2D eigenvalue weighted by Crippen LogP contribution is -2.36. The van der Waals surface area contributed by atoms with Gasteiger partial charge in [0.2, 0.25) is 0 Å². The number of H-pyrrole nitrogens is 1. The highest BCUT2D eigenvalue weighted by Crippen LogP contribution is 2.29. The zero-order valence-electron chi connectivity index (χ0n) is 19.0. The first-order valence-electron chi connectivity index (χ1n) is 11.4. The fourth-order valence-electron chi connectivity index (χ4n) is 3.97. The molecule has 0 bridgehead atoms. The molecule has 7 heteroatoms. The number of nitrogens with one attached hydrogen (secondary N) is 2. The van der Waals surface area contributed by atoms with Crippen LogP contribution >= 0.6 is 0 Å². The number of imidazole rings is 1. The highest BCUT2D eigenvalue weighted by molar-refractivity contribution is 5.91. The molecule has 5 rings (SSSR count). The second-order valence-corrected chi connectivity index (χ2v) is 8.12. The van der Waals surface area contributed by atoms with E-state index < -0.39 is 5.91 Å². The predicted octanol–water partition coefficient (Wildman–Crippen LogP) is 3.98. The molecule has 1 saturated heterocycles. The topological polar surface area (TPSA) is 90.5 Å². The Balaban J connectivity index is 1.50. The van der Waals surface area contributed by atoms with E-state index in [1.54, 1.807) is 11.6 Å². The third-order valence-electron chi connectivity index (χ3n) is 5.79. The SMILES string of the molecule is O=C(/C=C/c1ccc(-c2nc3cc(N4CCOCC4)c(C#Cc4ccccc4)cc3[nH]2)cc1)NO. The number of aromatic nitrogens is 2. The number of ether oxygens (including phenoxy) is 1. The lowest BCUT2D eigenvalue weighted by Gasteiger charge is -2.29. The van der Waals surface area contributed by atoms with Crippen LogP contribution in [-0.4, -0.2) is 47.4 Å². The van der Waals surface area contributed by atoms with Gasteiger partial charge < -0.3 is 14.6 Å². The average molecular weight is 465 g/mol. The van der Waals surface area contributed by atoms with Crippen LogP contribution in [0.15, 0.2) is 72.8 Å². The lowest BCUT2D eigenvalue weighted by atomic mass is 10.1. The molecule has 0 spiro atoms. The number of rotatable bonds is 4. The van der Waals surface area contributed by atoms with Gasteiger partial charge in [0.25, 0.3) is 5.91 Å². The molecule has 3 aromatic carbocycles. The number of hydrogen-bond acceptors (Lipinski definition) is 5. The summed E-state index contributed by atoms with van der Waals surface area (Å²) in [5, 5.41) is 8.61. The summed E-state index contributed by atoms with van der Waals surface area (Å²) in [5.74, 6) is 6.83. The van der Waals surface area contributed by atoms with Crippen LogP contribution in [0.3, 0.4) is 0 Å². The number of morpholine rings is 1. The normalized spacial score (nSPS) is 13.6. The fraction of sp³-hybridized carbons (Fsp3) is 0.143. The van der Waals surface area contributed by atoms with Gasteiger partial charge in [-0.15, -0.1) is 0 Å². The first-order chi connectivity index (χ1) is 17.2. The summed E-state index contributed by atoms with van der Waals surface area (Å²) in [6.45, 7) is 3.00. The quantitative estimate of drug-likeness (QED) is 0.184. The molecule has 1 fully saturated rings. The van der Waals surface area contributed by atoms with Crippen molar-refractivity contribution in [2.75, 3.05) is 31.2 Å². The smallest absolute Gasteiger partial charge is 0.267 e. The Morgan fingerprint density at radius 3 is 2.57 bits per heavy atom. The maximum absolute atomic E-state index is 11.2. The van der Waals surface area contributed by atoms with Crippen molar-refractivity contribution in [3.05, 3.63) is 89.5 Å². The number of hydrogen-bond donors (Lipinski definition) is 3. The number of benzene rings is 3. The summed E-state index contributed by atoms with van der Waals surface area (Å²) >= 11 is 0. The van der Waals surface area contributed by atoms with Gasteiger partial charge in [-0.2, -0.15) is 0 Å². The molecular weight excluding hydrogens is 440 g/mol. The third kappa shape index (κ3) is 5.25. The van der Waals surface area contributed by atoms with E-state index in [0.29, 0.717) is 13.2 Å². The molecule has 174 valence electrons. The Bertz CT molecular complexity index is 1420. The van der Waals surface area contributed by atoms with Crippen LogP contribution in [-0.2, 0) is 9.53 Å². The lowest BCUT2D eigenvalue weighted by molar-refractivity contribution is -0.124. The van der Waals surface area contributed by atoms with E-state index in [1.165, 1.54) is 6.08 Å². The van der Waals surface area contributed by atoms with Crippen LogP contribution < -0.4 is 10.4 Å². The minimum Gasteiger partial charge on any atom is -0.378 e. The largest absolute Gasteiger partial charge is 0.378 e. The Morgan fingerprint density at radius 2 is 1.83 bits per heavy atom. The van der Waals surface area contributed by atoms with Crippen molar-refractivity contribution < 1.29 is 14.7 Å². The molecule has 7 nitrogen and oxygen atoms in total. The van der Waals surface area contributed by atoms with E-state index in [4.69, 9.17) is 14.9 Å². The average Bonchev–Trinajstić information content (AvgIpc) is 3.34. The van der Waals surface area contributed by atoms with Gasteiger partial charge in [0.05, 0.1) is 35.5 Å². The number of hydroxylamine groups is 1. The third-order valence-corrected chi connectivity index (χ3v) is 5.79. The molecule has 0 atom stereocenters. The van der Waals surface area contributed by atoms with Gasteiger partial charge in [0.1, 0.15) is 5.82 Å². The van der Waals surface area contributed by atoms with Gasteiger partial charge in [-0.3, -0.25) is 10.0 Å². The Labute approximate surface area is 203 Å². The Kier molecular flexibility index (Phi) is 6.57. The van der Waals surface area contributed by atoms with Crippen molar-refractivity contribution >= 4 is 28.7 Å². The van der Waals surface area contributed by atoms with Crippen molar-refractivity contribution in [2.45, 2.75) is 0 Å². The van der Waals surface area contributed by atoms with Crippen molar-refractivity contribution in [3.63, 3.8) is 0 Å². The van der Waals surface area contributed by atoms with Crippen LogP contribution in [0, 0.1) is 11.8 Å². The van der Waals surface area contributed by atoms with E-state index in [0.717, 1.165) is 57.9 Å². The zero-order chi connectivity index (χ0) is 24.0. The summed E-state index contributed by atoms with van der Waals surface area (Å²) < 4.78 is 5.55. The van der Waals surface area contributed by atoms with Gasteiger partial charge in [-0.25, -0.2) is 10.5 Å². The summed E-state index contributed by atoms with van der Waals surface area (Å²) in [7, 11) is 0. The molecule has 2 heterocycles. The first kappa shape index (κ1) is 22.4. The number of aromatic amines is 1. The minimum atomic E-state index is -0.575. The summed E-state index contributed by atoms with van der Waals surface area (Å²) in [6.07, 6.45) is 2.89. The molecule has 1 aliphatic rings. The maximum Gasteiger partial charge on any atom is 0.267 e. The van der Waals surface area contributed by atoms with Crippen molar-refractivity contribution in [1.29, 1.82) is 0 Å². The molecule has 4 aromatic rings. The summed E-state index contributed by atoms with van der Waals surface area (Å²) in [4.78, 5) is 21.7. The second kappa shape index (κ2) is 10.3. The van der Waals surface area contributed by atoms with Gasteiger partial charge in [-0.1, -0.05) is 54.3 Å². The van der Waals surface area contributed by atoms with Crippen molar-refractivity contribution in [2.24, 2.45) is 0 Å². The van der Waals surface area contributed by atoms with Crippen LogP contribution in [0.5, 0.6) is 0 Å². The molecule has 1 amide bonds. The zero-order valence-corrected chi connectivity index (χ0v) is 19.0. The molecule has 1 aliphatic heterocycles. The van der Waals surface area contributed by atoms with Gasteiger partial charge in [0, 0.05) is 30.3 Å². The Morgan fingerprint density at radius 1 is 1.06 bits per heavy atom. The van der Waals surface area contributed by atoms with E-state index in [1.807, 2.05) is 54.6 Å². The van der Waals surface area contributed by atoms with E-state index in [-0.39, 0.29) is 0 Å². The van der Waals surface area contributed by atoms with Crippen LogP contribution in [0.1, 0.15) is 16.7 Å². The van der Waals surface area contributed by atoms with Gasteiger partial charge >= 0.3 is 0 Å². The van der Waals surface area contributed by atoms with E-state index in [9.17, 15) is 4.79 Å². The van der Waals surface area contributed by atoms with Crippen LogP contribution in [0.2, 0.25) is 0 Å². The molecular formula is C28H24N4O3. The molecule has 0 aliphatic carbocycles. The number of nitrogens with zero attached hydrogens (tertiary/aromatic N) is 2. The van der Waals surface area contributed by atoms with Crippen molar-refractivity contribution in [1.82, 2.24) is 15.4 Å². The minimum absolute atomic E-state index is 0.575. The number of amides is 1. The van der Waals surface area contributed by atoms with Crippen molar-refractivity contribution in [3.8, 4) is 23.2 Å². The summed E-state index contributed by atoms with van der Waals surface area (Å²) in [5.41, 5.74) is 8.10. The standard InChI is InChI=1S/C28H24N4O3/c33-27(31-34)13-9-21-6-10-22(11-7-21)28-29-24-18-23(12-8-20-4-2-1-3-5-20)26(19-25(24)30-28)32-14-16-35-17-15-32/h1-7,9-11,13,18-19,34H,14-17H2,(H,29,30)(H,31,33)/b13-9+.